The molecule has 0 aromatic carbocycles. The quantitative estimate of drug-likeness (QED) is 0.892. The first-order chi connectivity index (χ1) is 8.61. The third kappa shape index (κ3) is 1.88. The molecule has 1 aromatic rings. The molecule has 2 bridgehead atoms. The van der Waals surface area contributed by atoms with Gasteiger partial charge in [-0.25, -0.2) is 8.42 Å². The van der Waals surface area contributed by atoms with Crippen LogP contribution in [0.5, 0.6) is 0 Å². The molecule has 2 heterocycles. The largest absolute Gasteiger partial charge is 0.447 e. The van der Waals surface area contributed by atoms with Gasteiger partial charge in [0.15, 0.2) is 0 Å². The molecule has 0 spiro atoms. The van der Waals surface area contributed by atoms with Crippen LogP contribution in [-0.2, 0) is 16.6 Å². The van der Waals surface area contributed by atoms with Crippen LogP contribution < -0.4 is 5.32 Å². The Kier molecular flexibility index (Phi) is 2.96. The number of nitrogens with one attached hydrogen (secondary N) is 1. The summed E-state index contributed by atoms with van der Waals surface area (Å²) < 4.78 is 32.0. The summed E-state index contributed by atoms with van der Waals surface area (Å²) in [6.45, 7) is 1.20. The average molecular weight is 270 g/mol. The van der Waals surface area contributed by atoms with Crippen molar-refractivity contribution in [2.24, 2.45) is 5.92 Å². The fourth-order valence-electron chi connectivity index (χ4n) is 3.06. The number of rotatable bonds is 4. The number of furan rings is 1. The summed E-state index contributed by atoms with van der Waals surface area (Å²) in [7, 11) is -1.63. The van der Waals surface area contributed by atoms with Gasteiger partial charge >= 0.3 is 0 Å². The highest BCUT2D eigenvalue weighted by atomic mass is 32.2. The first-order valence-corrected chi connectivity index (χ1v) is 7.80. The van der Waals surface area contributed by atoms with Crippen LogP contribution in [0.4, 0.5) is 0 Å². The summed E-state index contributed by atoms with van der Waals surface area (Å²) in [5.41, 5.74) is 0. The van der Waals surface area contributed by atoms with Crippen molar-refractivity contribution in [3.05, 3.63) is 17.9 Å². The summed E-state index contributed by atoms with van der Waals surface area (Å²) in [6.07, 6.45) is 3.18. The topological polar surface area (TPSA) is 62.6 Å². The van der Waals surface area contributed by atoms with Gasteiger partial charge in [0.05, 0.1) is 6.54 Å². The molecular weight excluding hydrogens is 252 g/mol. The van der Waals surface area contributed by atoms with Crippen LogP contribution in [0.2, 0.25) is 0 Å². The predicted octanol–water partition coefficient (Wildman–Crippen LogP) is 1.17. The van der Waals surface area contributed by atoms with Gasteiger partial charge in [-0.1, -0.05) is 0 Å². The van der Waals surface area contributed by atoms with Crippen LogP contribution in [0, 0.1) is 5.92 Å². The second-order valence-electron chi connectivity index (χ2n) is 5.16. The van der Waals surface area contributed by atoms with E-state index < -0.39 is 10.0 Å². The Bertz CT molecular complexity index is 537. The Labute approximate surface area is 107 Å². The van der Waals surface area contributed by atoms with Crippen LogP contribution in [0.1, 0.15) is 25.0 Å². The zero-order chi connectivity index (χ0) is 12.8. The molecule has 100 valence electrons. The number of fused-ring (bicyclic) bond motifs is 2. The molecule has 1 aliphatic carbocycles. The highest BCUT2D eigenvalue weighted by molar-refractivity contribution is 7.89. The minimum Gasteiger partial charge on any atom is -0.447 e. The van der Waals surface area contributed by atoms with Crippen molar-refractivity contribution in [2.45, 2.75) is 36.9 Å². The fourth-order valence-corrected chi connectivity index (χ4v) is 4.73. The molecule has 2 unspecified atom stereocenters. The number of hydrogen-bond acceptors (Lipinski definition) is 4. The maximum absolute atomic E-state index is 12.5. The molecule has 2 atom stereocenters. The molecule has 2 aliphatic rings. The van der Waals surface area contributed by atoms with Gasteiger partial charge in [0, 0.05) is 12.6 Å². The number of piperidine rings is 1. The molecule has 3 rings (SSSR count). The van der Waals surface area contributed by atoms with Crippen molar-refractivity contribution in [2.75, 3.05) is 13.6 Å². The number of hydrogen-bond donors (Lipinski definition) is 1. The van der Waals surface area contributed by atoms with Gasteiger partial charge in [-0.2, -0.15) is 4.31 Å². The minimum atomic E-state index is -3.43. The average Bonchev–Trinajstić information content (AvgIpc) is 3.04. The van der Waals surface area contributed by atoms with Gasteiger partial charge < -0.3 is 9.73 Å². The lowest BCUT2D eigenvalue weighted by molar-refractivity contribution is 0.316. The smallest absolute Gasteiger partial charge is 0.276 e. The SMILES string of the molecule is CNCc1ccc(S(=O)(=O)N2CC3CCC2C3)o1. The van der Waals surface area contributed by atoms with Gasteiger partial charge in [-0.05, 0) is 44.4 Å². The number of nitrogens with zero attached hydrogens (tertiary/aromatic N) is 1. The highest BCUT2D eigenvalue weighted by Gasteiger charge is 2.45. The first kappa shape index (κ1) is 12.2. The Morgan fingerprint density at radius 3 is 2.89 bits per heavy atom. The van der Waals surface area contributed by atoms with Crippen molar-refractivity contribution in [3.8, 4) is 0 Å². The molecule has 0 radical (unpaired) electrons. The van der Waals surface area contributed by atoms with E-state index in [-0.39, 0.29) is 11.1 Å². The molecule has 1 saturated heterocycles. The minimum absolute atomic E-state index is 0.0836. The van der Waals surface area contributed by atoms with Gasteiger partial charge in [0.2, 0.25) is 5.09 Å². The molecule has 2 fully saturated rings. The zero-order valence-electron chi connectivity index (χ0n) is 10.4. The lowest BCUT2D eigenvalue weighted by Crippen LogP contribution is -2.37. The van der Waals surface area contributed by atoms with Gasteiger partial charge in [0.25, 0.3) is 10.0 Å². The van der Waals surface area contributed by atoms with E-state index in [1.54, 1.807) is 23.5 Å². The second-order valence-corrected chi connectivity index (χ2v) is 6.98. The third-order valence-corrected chi connectivity index (χ3v) is 5.70. The van der Waals surface area contributed by atoms with Crippen LogP contribution in [0.25, 0.3) is 0 Å². The maximum Gasteiger partial charge on any atom is 0.276 e. The van der Waals surface area contributed by atoms with E-state index in [1.807, 2.05) is 0 Å². The molecule has 18 heavy (non-hydrogen) atoms. The Hall–Kier alpha value is -0.850. The molecule has 6 heteroatoms. The van der Waals surface area contributed by atoms with E-state index in [0.717, 1.165) is 12.8 Å². The Morgan fingerprint density at radius 1 is 1.44 bits per heavy atom. The van der Waals surface area contributed by atoms with Crippen LogP contribution >= 0.6 is 0 Å². The summed E-state index contributed by atoms with van der Waals surface area (Å²) >= 11 is 0. The van der Waals surface area contributed by atoms with Crippen molar-refractivity contribution >= 4 is 10.0 Å². The third-order valence-electron chi connectivity index (χ3n) is 3.91. The van der Waals surface area contributed by atoms with E-state index in [2.05, 4.69) is 5.32 Å². The van der Waals surface area contributed by atoms with Crippen LogP contribution in [-0.4, -0.2) is 32.4 Å². The maximum atomic E-state index is 12.5. The molecule has 1 saturated carbocycles. The first-order valence-electron chi connectivity index (χ1n) is 6.36. The van der Waals surface area contributed by atoms with Gasteiger partial charge in [-0.15, -0.1) is 0 Å². The zero-order valence-corrected chi connectivity index (χ0v) is 11.2. The summed E-state index contributed by atoms with van der Waals surface area (Å²) in [5, 5.41) is 3.03. The Balaban J connectivity index is 1.85. The van der Waals surface area contributed by atoms with Crippen molar-refractivity contribution < 1.29 is 12.8 Å². The molecular formula is C12H18N2O3S. The second kappa shape index (κ2) is 4.36. The molecule has 1 N–H and O–H groups in total. The van der Waals surface area contributed by atoms with Gasteiger partial charge in [-0.3, -0.25) is 0 Å². The van der Waals surface area contributed by atoms with E-state index >= 15 is 0 Å². The van der Waals surface area contributed by atoms with Crippen molar-refractivity contribution in [1.29, 1.82) is 0 Å². The standard InChI is InChI=1S/C12H18N2O3S/c1-13-7-11-4-5-12(17-11)18(15,16)14-8-9-2-3-10(14)6-9/h4-5,9-10,13H,2-3,6-8H2,1H3. The summed E-state index contributed by atoms with van der Waals surface area (Å²) in [4.78, 5) is 0. The molecule has 1 aromatic heterocycles. The monoisotopic (exact) mass is 270 g/mol. The molecule has 0 amide bonds. The van der Waals surface area contributed by atoms with E-state index in [9.17, 15) is 8.42 Å². The number of sulfonamides is 1. The fraction of sp³-hybridized carbons (Fsp3) is 0.667. The van der Waals surface area contributed by atoms with Crippen molar-refractivity contribution in [3.63, 3.8) is 0 Å². The predicted molar refractivity (Wildman–Crippen MR) is 66.5 cm³/mol. The lowest BCUT2D eigenvalue weighted by Gasteiger charge is -2.24. The van der Waals surface area contributed by atoms with Crippen molar-refractivity contribution in [1.82, 2.24) is 9.62 Å². The van der Waals surface area contributed by atoms with Gasteiger partial charge in [0.1, 0.15) is 5.76 Å². The van der Waals surface area contributed by atoms with Crippen LogP contribution in [0.3, 0.4) is 0 Å². The molecule has 1 aliphatic heterocycles. The van der Waals surface area contributed by atoms with Crippen LogP contribution in [0.15, 0.2) is 21.6 Å². The summed E-state index contributed by atoms with van der Waals surface area (Å²) in [6, 6.07) is 3.48. The van der Waals surface area contributed by atoms with E-state index in [4.69, 9.17) is 4.42 Å². The Morgan fingerprint density at radius 2 is 2.28 bits per heavy atom. The lowest BCUT2D eigenvalue weighted by atomic mass is 10.1. The molecule has 5 nitrogen and oxygen atoms in total. The van der Waals surface area contributed by atoms with E-state index in [1.165, 1.54) is 6.42 Å². The highest BCUT2D eigenvalue weighted by Crippen LogP contribution is 2.40. The summed E-state index contributed by atoms with van der Waals surface area (Å²) in [5.74, 6) is 1.21. The van der Waals surface area contributed by atoms with E-state index in [0.29, 0.717) is 24.8 Å². The normalized spacial score (nSPS) is 28.1.